The van der Waals surface area contributed by atoms with E-state index < -0.39 is 5.97 Å². The van der Waals surface area contributed by atoms with Crippen LogP contribution in [0.25, 0.3) is 0 Å². The number of anilines is 1. The molecule has 0 aliphatic carbocycles. The highest BCUT2D eigenvalue weighted by molar-refractivity contribution is 9.10. The summed E-state index contributed by atoms with van der Waals surface area (Å²) in [5.41, 5.74) is 0.894. The lowest BCUT2D eigenvalue weighted by molar-refractivity contribution is 0.0698. The van der Waals surface area contributed by atoms with E-state index in [9.17, 15) is 9.59 Å². The SMILES string of the molecule is Cc1cc(C(=O)Nc2c(Br)cccc2C(=O)O)c(C)s1. The Kier molecular flexibility index (Phi) is 4.25. The van der Waals surface area contributed by atoms with Crippen molar-refractivity contribution in [2.75, 3.05) is 5.32 Å². The van der Waals surface area contributed by atoms with E-state index in [2.05, 4.69) is 21.2 Å². The Morgan fingerprint density at radius 3 is 2.50 bits per heavy atom. The fourth-order valence-corrected chi connectivity index (χ4v) is 3.25. The zero-order chi connectivity index (χ0) is 14.9. The molecule has 2 N–H and O–H groups in total. The van der Waals surface area contributed by atoms with Gasteiger partial charge in [0.15, 0.2) is 0 Å². The van der Waals surface area contributed by atoms with Crippen molar-refractivity contribution in [1.82, 2.24) is 0 Å². The molecule has 1 aromatic carbocycles. The average Bonchev–Trinajstić information content (AvgIpc) is 2.70. The van der Waals surface area contributed by atoms with Crippen LogP contribution in [0.5, 0.6) is 0 Å². The van der Waals surface area contributed by atoms with Gasteiger partial charge < -0.3 is 10.4 Å². The number of nitrogens with one attached hydrogen (secondary N) is 1. The lowest BCUT2D eigenvalue weighted by atomic mass is 10.1. The maximum absolute atomic E-state index is 12.3. The molecule has 2 aromatic rings. The van der Waals surface area contributed by atoms with Crippen molar-refractivity contribution in [3.8, 4) is 0 Å². The number of carboxylic acid groups (broad SMARTS) is 1. The van der Waals surface area contributed by atoms with Crippen LogP contribution in [-0.4, -0.2) is 17.0 Å². The second-order valence-electron chi connectivity index (χ2n) is 4.25. The van der Waals surface area contributed by atoms with Gasteiger partial charge in [0.2, 0.25) is 0 Å². The summed E-state index contributed by atoms with van der Waals surface area (Å²) in [6.07, 6.45) is 0. The summed E-state index contributed by atoms with van der Waals surface area (Å²) in [6.45, 7) is 3.79. The molecule has 1 heterocycles. The summed E-state index contributed by atoms with van der Waals surface area (Å²) in [5, 5.41) is 11.8. The van der Waals surface area contributed by atoms with Crippen LogP contribution in [0.3, 0.4) is 0 Å². The van der Waals surface area contributed by atoms with Crippen molar-refractivity contribution in [2.45, 2.75) is 13.8 Å². The number of hydrogen-bond donors (Lipinski definition) is 2. The number of carbonyl (C=O) groups excluding carboxylic acids is 1. The van der Waals surface area contributed by atoms with E-state index >= 15 is 0 Å². The normalized spacial score (nSPS) is 10.3. The molecule has 1 amide bonds. The minimum atomic E-state index is -1.08. The summed E-state index contributed by atoms with van der Waals surface area (Å²) >= 11 is 4.80. The third kappa shape index (κ3) is 2.91. The number of carbonyl (C=O) groups is 2. The van der Waals surface area contributed by atoms with Crippen LogP contribution in [0.4, 0.5) is 5.69 Å². The van der Waals surface area contributed by atoms with Crippen molar-refractivity contribution in [2.24, 2.45) is 0 Å². The molecule has 0 saturated heterocycles. The number of carboxylic acids is 1. The van der Waals surface area contributed by atoms with Gasteiger partial charge in [-0.15, -0.1) is 11.3 Å². The van der Waals surface area contributed by atoms with E-state index in [1.807, 2.05) is 13.8 Å². The van der Waals surface area contributed by atoms with Crippen LogP contribution in [0.2, 0.25) is 0 Å². The zero-order valence-electron chi connectivity index (χ0n) is 10.9. The van der Waals surface area contributed by atoms with Crippen molar-refractivity contribution < 1.29 is 14.7 Å². The van der Waals surface area contributed by atoms with Gasteiger partial charge in [0, 0.05) is 14.2 Å². The number of thiophene rings is 1. The Labute approximate surface area is 128 Å². The minimum absolute atomic E-state index is 0.0531. The van der Waals surface area contributed by atoms with Gasteiger partial charge >= 0.3 is 5.97 Å². The Balaban J connectivity index is 2.37. The average molecular weight is 354 g/mol. The molecular weight excluding hydrogens is 342 g/mol. The smallest absolute Gasteiger partial charge is 0.337 e. The van der Waals surface area contributed by atoms with Gasteiger partial charge in [0.05, 0.1) is 16.8 Å². The van der Waals surface area contributed by atoms with Crippen molar-refractivity contribution in [1.29, 1.82) is 0 Å². The lowest BCUT2D eigenvalue weighted by Crippen LogP contribution is -2.15. The molecule has 1 aromatic heterocycles. The van der Waals surface area contributed by atoms with Gasteiger partial charge in [-0.05, 0) is 48.0 Å². The molecule has 0 fully saturated rings. The molecule has 4 nitrogen and oxygen atoms in total. The van der Waals surface area contributed by atoms with Crippen LogP contribution in [0, 0.1) is 13.8 Å². The molecule has 0 aliphatic heterocycles. The Bertz CT molecular complexity index is 694. The number of hydrogen-bond acceptors (Lipinski definition) is 3. The van der Waals surface area contributed by atoms with Crippen LogP contribution in [-0.2, 0) is 0 Å². The van der Waals surface area contributed by atoms with Gasteiger partial charge in [-0.2, -0.15) is 0 Å². The topological polar surface area (TPSA) is 66.4 Å². The van der Waals surface area contributed by atoms with E-state index in [4.69, 9.17) is 5.11 Å². The van der Waals surface area contributed by atoms with Gasteiger partial charge in [0.25, 0.3) is 5.91 Å². The predicted octanol–water partition coefficient (Wildman–Crippen LogP) is 4.08. The predicted molar refractivity (Wildman–Crippen MR) is 82.8 cm³/mol. The maximum atomic E-state index is 12.3. The van der Waals surface area contributed by atoms with E-state index in [1.54, 1.807) is 18.2 Å². The minimum Gasteiger partial charge on any atom is -0.478 e. The molecule has 2 rings (SSSR count). The van der Waals surface area contributed by atoms with E-state index in [1.165, 1.54) is 17.4 Å². The highest BCUT2D eigenvalue weighted by Gasteiger charge is 2.18. The fourth-order valence-electron chi connectivity index (χ4n) is 1.87. The highest BCUT2D eigenvalue weighted by Crippen LogP contribution is 2.28. The van der Waals surface area contributed by atoms with Crippen molar-refractivity contribution in [3.63, 3.8) is 0 Å². The largest absolute Gasteiger partial charge is 0.478 e. The lowest BCUT2D eigenvalue weighted by Gasteiger charge is -2.10. The highest BCUT2D eigenvalue weighted by atomic mass is 79.9. The van der Waals surface area contributed by atoms with E-state index in [0.717, 1.165) is 9.75 Å². The molecule has 0 bridgehead atoms. The molecule has 0 atom stereocenters. The first kappa shape index (κ1) is 14.7. The number of amides is 1. The summed E-state index contributed by atoms with van der Waals surface area (Å²) in [5.74, 6) is -1.39. The van der Waals surface area contributed by atoms with Crippen molar-refractivity contribution >= 4 is 44.8 Å². The van der Waals surface area contributed by atoms with Gasteiger partial charge in [0.1, 0.15) is 0 Å². The quantitative estimate of drug-likeness (QED) is 0.873. The molecule has 0 radical (unpaired) electrons. The van der Waals surface area contributed by atoms with Crippen molar-refractivity contribution in [3.05, 3.63) is 49.6 Å². The Hall–Kier alpha value is -1.66. The number of aromatic carboxylic acids is 1. The first-order chi connectivity index (χ1) is 9.40. The van der Waals surface area contributed by atoms with E-state index in [0.29, 0.717) is 10.0 Å². The van der Waals surface area contributed by atoms with Crippen LogP contribution in [0.1, 0.15) is 30.5 Å². The van der Waals surface area contributed by atoms with E-state index in [-0.39, 0.29) is 17.2 Å². The van der Waals surface area contributed by atoms with Gasteiger partial charge in [-0.1, -0.05) is 6.07 Å². The number of benzene rings is 1. The number of rotatable bonds is 3. The van der Waals surface area contributed by atoms with Crippen LogP contribution in [0.15, 0.2) is 28.7 Å². The number of para-hydroxylation sites is 1. The molecule has 0 spiro atoms. The molecule has 20 heavy (non-hydrogen) atoms. The van der Waals surface area contributed by atoms with Gasteiger partial charge in [-0.25, -0.2) is 4.79 Å². The maximum Gasteiger partial charge on any atom is 0.337 e. The monoisotopic (exact) mass is 353 g/mol. The number of aryl methyl sites for hydroxylation is 2. The Morgan fingerprint density at radius 1 is 1.25 bits per heavy atom. The Morgan fingerprint density at radius 2 is 1.95 bits per heavy atom. The van der Waals surface area contributed by atoms with Crippen LogP contribution < -0.4 is 5.32 Å². The standard InChI is InChI=1S/C14H12BrNO3S/c1-7-6-10(8(2)20-7)13(17)16-12-9(14(18)19)4-3-5-11(12)15/h3-6H,1-2H3,(H,16,17)(H,18,19). The van der Waals surface area contributed by atoms with Gasteiger partial charge in [-0.3, -0.25) is 4.79 Å². The number of halogens is 1. The van der Waals surface area contributed by atoms with Crippen LogP contribution >= 0.6 is 27.3 Å². The fraction of sp³-hybridized carbons (Fsp3) is 0.143. The summed E-state index contributed by atoms with van der Waals surface area (Å²) < 4.78 is 0.537. The molecule has 0 saturated carbocycles. The summed E-state index contributed by atoms with van der Waals surface area (Å²) in [7, 11) is 0. The third-order valence-electron chi connectivity index (χ3n) is 2.77. The molecular formula is C14H12BrNO3S. The third-order valence-corrected chi connectivity index (χ3v) is 4.39. The second kappa shape index (κ2) is 5.76. The summed E-state index contributed by atoms with van der Waals surface area (Å²) in [4.78, 5) is 25.4. The first-order valence-electron chi connectivity index (χ1n) is 5.80. The molecule has 104 valence electrons. The summed E-state index contributed by atoms with van der Waals surface area (Å²) in [6, 6.07) is 6.55. The second-order valence-corrected chi connectivity index (χ2v) is 6.56. The zero-order valence-corrected chi connectivity index (χ0v) is 13.3. The molecule has 6 heteroatoms. The first-order valence-corrected chi connectivity index (χ1v) is 7.41. The molecule has 0 unspecified atom stereocenters. The molecule has 0 aliphatic rings.